The number of hydrogen-bond donors (Lipinski definition) is 0. The first-order valence-corrected chi connectivity index (χ1v) is 19.1. The molecule has 2 atom stereocenters. The summed E-state index contributed by atoms with van der Waals surface area (Å²) in [5, 5.41) is 5.21. The zero-order chi connectivity index (χ0) is 35.3. The van der Waals surface area contributed by atoms with Gasteiger partial charge in [0, 0.05) is 11.8 Å². The van der Waals surface area contributed by atoms with E-state index in [0.29, 0.717) is 11.8 Å². The summed E-state index contributed by atoms with van der Waals surface area (Å²) in [5.41, 5.74) is 21.3. The first-order chi connectivity index (χ1) is 26.8. The van der Waals surface area contributed by atoms with E-state index >= 15 is 0 Å². The molecule has 0 N–H and O–H groups in total. The molecule has 250 valence electrons. The topological polar surface area (TPSA) is 0 Å². The Balaban J connectivity index is 1.09. The Hall–Kier alpha value is -6.76. The highest BCUT2D eigenvalue weighted by Crippen LogP contribution is 2.59. The average molecular weight is 683 g/mol. The minimum absolute atomic E-state index is 0.337. The first kappa shape index (κ1) is 29.8. The largest absolute Gasteiger partial charge is 0.0760 e. The van der Waals surface area contributed by atoms with Crippen LogP contribution in [-0.4, -0.2) is 0 Å². The van der Waals surface area contributed by atoms with Crippen LogP contribution in [0.15, 0.2) is 194 Å². The van der Waals surface area contributed by atoms with Gasteiger partial charge in [0.1, 0.15) is 0 Å². The molecule has 4 aliphatic rings. The van der Waals surface area contributed by atoms with Gasteiger partial charge < -0.3 is 0 Å². The van der Waals surface area contributed by atoms with Crippen LogP contribution in [-0.2, 0) is 0 Å². The second kappa shape index (κ2) is 11.4. The maximum atomic E-state index is 2.48. The van der Waals surface area contributed by atoms with Gasteiger partial charge in [-0.25, -0.2) is 0 Å². The molecule has 0 saturated carbocycles. The molecule has 54 heavy (non-hydrogen) atoms. The quantitative estimate of drug-likeness (QED) is 0.173. The molecule has 0 fully saturated rings. The Morgan fingerprint density at radius 3 is 1.59 bits per heavy atom. The molecule has 2 unspecified atom stereocenters. The molecule has 0 spiro atoms. The molecule has 0 bridgehead atoms. The number of hydrogen-bond acceptors (Lipinski definition) is 0. The molecule has 0 radical (unpaired) electrons. The standard InChI is InChI=1S/C54H34/c1-4-13-33(14-5-1)39-29-30-43-40-27-25-37(31-47(40)42-22-12-21-41(39)52(42)43)38-26-28-44-48(32-38)51(36-17-8-3-9-18-36)54-46-24-11-20-34-19-10-23-45(49(34)46)53(54)50(44)35-15-6-2-7-16-35/h1-32,41,52H. The number of allylic oxidation sites excluding steroid dienone is 8. The summed E-state index contributed by atoms with van der Waals surface area (Å²) < 4.78 is 0. The van der Waals surface area contributed by atoms with Crippen LogP contribution in [0.3, 0.4) is 0 Å². The molecule has 8 aromatic rings. The van der Waals surface area contributed by atoms with Crippen molar-refractivity contribution in [1.82, 2.24) is 0 Å². The van der Waals surface area contributed by atoms with E-state index in [2.05, 4.69) is 194 Å². The first-order valence-electron chi connectivity index (χ1n) is 19.1. The molecule has 0 aromatic heterocycles. The van der Waals surface area contributed by atoms with Crippen molar-refractivity contribution in [2.75, 3.05) is 0 Å². The van der Waals surface area contributed by atoms with Gasteiger partial charge in [0.25, 0.3) is 0 Å². The van der Waals surface area contributed by atoms with Crippen molar-refractivity contribution < 1.29 is 0 Å². The van der Waals surface area contributed by atoms with Crippen LogP contribution in [0.2, 0.25) is 0 Å². The molecular weight excluding hydrogens is 649 g/mol. The SMILES string of the molecule is C1=CC2C(c3ccccc3)=CC=C3c4ccc(-c5ccc6c(-c7ccccc7)c7c(c(-c8ccccc8)c6c5)-c5cccc6cccc-7c56)cc4C(=C1)C32. The van der Waals surface area contributed by atoms with Crippen molar-refractivity contribution in [3.63, 3.8) is 0 Å². The van der Waals surface area contributed by atoms with Gasteiger partial charge in [-0.1, -0.05) is 182 Å². The molecule has 12 rings (SSSR count). The van der Waals surface area contributed by atoms with E-state index in [1.165, 1.54) is 111 Å². The zero-order valence-corrected chi connectivity index (χ0v) is 29.6. The fraction of sp³-hybridized carbons (Fsp3) is 0.0370. The lowest BCUT2D eigenvalue weighted by atomic mass is 9.72. The van der Waals surface area contributed by atoms with E-state index in [0.717, 1.165) is 0 Å². The van der Waals surface area contributed by atoms with Crippen LogP contribution in [0.1, 0.15) is 16.7 Å². The minimum atomic E-state index is 0.337. The Kier molecular flexibility index (Phi) is 6.27. The van der Waals surface area contributed by atoms with Crippen molar-refractivity contribution in [3.8, 4) is 55.6 Å². The highest BCUT2D eigenvalue weighted by atomic mass is 14.4. The van der Waals surface area contributed by atoms with Gasteiger partial charge in [-0.2, -0.15) is 0 Å². The third-order valence-corrected chi connectivity index (χ3v) is 12.4. The van der Waals surface area contributed by atoms with E-state index in [-0.39, 0.29) is 0 Å². The van der Waals surface area contributed by atoms with Crippen LogP contribution in [0.5, 0.6) is 0 Å². The fourth-order valence-corrected chi connectivity index (χ4v) is 10.1. The third-order valence-electron chi connectivity index (χ3n) is 12.4. The van der Waals surface area contributed by atoms with Gasteiger partial charge >= 0.3 is 0 Å². The van der Waals surface area contributed by atoms with Gasteiger partial charge in [0.05, 0.1) is 0 Å². The molecule has 0 heteroatoms. The molecule has 0 saturated heterocycles. The van der Waals surface area contributed by atoms with Crippen LogP contribution in [0, 0.1) is 11.8 Å². The van der Waals surface area contributed by atoms with Crippen LogP contribution in [0.25, 0.3) is 93.9 Å². The zero-order valence-electron chi connectivity index (χ0n) is 29.6. The average Bonchev–Trinajstić information content (AvgIpc) is 3.75. The molecule has 4 aliphatic carbocycles. The Morgan fingerprint density at radius 1 is 0.333 bits per heavy atom. The maximum absolute atomic E-state index is 2.48. The maximum Gasteiger partial charge on any atom is 0.0205 e. The second-order valence-corrected chi connectivity index (χ2v) is 15.1. The summed E-state index contributed by atoms with van der Waals surface area (Å²) in [7, 11) is 0. The molecule has 8 aromatic carbocycles. The number of rotatable bonds is 4. The van der Waals surface area contributed by atoms with Crippen molar-refractivity contribution >= 4 is 38.3 Å². The summed E-state index contributed by atoms with van der Waals surface area (Å²) in [5.74, 6) is 0.687. The fourth-order valence-electron chi connectivity index (χ4n) is 10.1. The van der Waals surface area contributed by atoms with E-state index in [1.54, 1.807) is 0 Å². The summed E-state index contributed by atoms with van der Waals surface area (Å²) in [6, 6.07) is 61.0. The van der Waals surface area contributed by atoms with Crippen LogP contribution in [0.4, 0.5) is 0 Å². The summed E-state index contributed by atoms with van der Waals surface area (Å²) in [4.78, 5) is 0. The predicted octanol–water partition coefficient (Wildman–Crippen LogP) is 14.3. The van der Waals surface area contributed by atoms with Gasteiger partial charge in [0.15, 0.2) is 0 Å². The van der Waals surface area contributed by atoms with Crippen molar-refractivity contribution in [1.29, 1.82) is 0 Å². The number of benzene rings is 8. The normalized spacial score (nSPS) is 17.1. The Morgan fingerprint density at radius 2 is 0.907 bits per heavy atom. The summed E-state index contributed by atoms with van der Waals surface area (Å²) in [6.07, 6.45) is 11.8. The van der Waals surface area contributed by atoms with E-state index in [4.69, 9.17) is 0 Å². The summed E-state index contributed by atoms with van der Waals surface area (Å²) >= 11 is 0. The smallest absolute Gasteiger partial charge is 0.0205 e. The van der Waals surface area contributed by atoms with Gasteiger partial charge in [-0.3, -0.25) is 0 Å². The molecule has 0 heterocycles. The monoisotopic (exact) mass is 682 g/mol. The van der Waals surface area contributed by atoms with E-state index < -0.39 is 0 Å². The van der Waals surface area contributed by atoms with Crippen molar-refractivity contribution in [2.45, 2.75) is 0 Å². The van der Waals surface area contributed by atoms with Crippen LogP contribution < -0.4 is 0 Å². The van der Waals surface area contributed by atoms with Crippen LogP contribution >= 0.6 is 0 Å². The highest BCUT2D eigenvalue weighted by Gasteiger charge is 2.40. The Labute approximate surface area is 315 Å². The third kappa shape index (κ3) is 4.14. The Bertz CT molecular complexity index is 3000. The number of fused-ring (bicyclic) bond motifs is 7. The van der Waals surface area contributed by atoms with Gasteiger partial charge in [-0.15, -0.1) is 0 Å². The van der Waals surface area contributed by atoms with Gasteiger partial charge in [0.2, 0.25) is 0 Å². The lowest BCUT2D eigenvalue weighted by Gasteiger charge is -2.31. The highest BCUT2D eigenvalue weighted by molar-refractivity contribution is 6.27. The molecule has 0 nitrogen and oxygen atoms in total. The van der Waals surface area contributed by atoms with Crippen molar-refractivity contribution in [2.24, 2.45) is 11.8 Å². The second-order valence-electron chi connectivity index (χ2n) is 15.1. The van der Waals surface area contributed by atoms with Gasteiger partial charge in [-0.05, 0) is 123 Å². The lowest BCUT2D eigenvalue weighted by Crippen LogP contribution is -2.18. The lowest BCUT2D eigenvalue weighted by molar-refractivity contribution is 0.725. The summed E-state index contributed by atoms with van der Waals surface area (Å²) in [6.45, 7) is 0. The van der Waals surface area contributed by atoms with E-state index in [1.807, 2.05) is 0 Å². The molecule has 0 aliphatic heterocycles. The van der Waals surface area contributed by atoms with E-state index in [9.17, 15) is 0 Å². The predicted molar refractivity (Wildman–Crippen MR) is 229 cm³/mol. The molecular formula is C54H34. The minimum Gasteiger partial charge on any atom is -0.0760 e. The van der Waals surface area contributed by atoms with Crippen molar-refractivity contribution in [3.05, 3.63) is 211 Å². The molecule has 0 amide bonds.